The van der Waals surface area contributed by atoms with Crippen LogP contribution in [0.2, 0.25) is 0 Å². The van der Waals surface area contributed by atoms with Gasteiger partial charge in [-0.05, 0) is 45.2 Å². The van der Waals surface area contributed by atoms with Gasteiger partial charge in [-0.3, -0.25) is 0 Å². The third-order valence-electron chi connectivity index (χ3n) is 3.13. The highest BCUT2D eigenvalue weighted by Gasteiger charge is 2.22. The van der Waals surface area contributed by atoms with Gasteiger partial charge in [0.2, 0.25) is 0 Å². The van der Waals surface area contributed by atoms with Crippen molar-refractivity contribution in [3.8, 4) is 0 Å². The largest absolute Gasteiger partial charge is 0.501 e. The Balaban J connectivity index is 2.23. The number of aryl methyl sites for hydroxylation is 2. The molecule has 1 unspecified atom stereocenters. The summed E-state index contributed by atoms with van der Waals surface area (Å²) in [6.45, 7) is 8.25. The molecule has 100 valence electrons. The van der Waals surface area contributed by atoms with E-state index in [1.165, 1.54) is 10.5 Å². The van der Waals surface area contributed by atoms with Gasteiger partial charge in [0.15, 0.2) is 0 Å². The second-order valence-electron chi connectivity index (χ2n) is 4.74. The molecule has 0 spiro atoms. The molecule has 0 amide bonds. The maximum Gasteiger partial charge on any atom is 0.0900 e. The molecule has 1 aliphatic rings. The zero-order valence-corrected chi connectivity index (χ0v) is 12.3. The minimum atomic E-state index is 0.288. The standard InChI is InChI=1S/C14H22N2OS/c1-4-7-15-13(12-6-5-8-17-9-12)14-10(2)16-11(3)18-14/h9,13,15H,4-8H2,1-3H3. The lowest BCUT2D eigenvalue weighted by molar-refractivity contribution is 0.219. The second kappa shape index (κ2) is 6.34. The number of hydrogen-bond donors (Lipinski definition) is 1. The summed E-state index contributed by atoms with van der Waals surface area (Å²) in [6, 6.07) is 0.288. The third-order valence-corrected chi connectivity index (χ3v) is 4.27. The van der Waals surface area contributed by atoms with Gasteiger partial charge < -0.3 is 10.1 Å². The molecule has 0 aliphatic carbocycles. The monoisotopic (exact) mass is 266 g/mol. The van der Waals surface area contributed by atoms with E-state index in [0.29, 0.717) is 0 Å². The topological polar surface area (TPSA) is 34.1 Å². The fourth-order valence-corrected chi connectivity index (χ4v) is 3.34. The van der Waals surface area contributed by atoms with Crippen molar-refractivity contribution < 1.29 is 4.74 Å². The molecule has 1 aromatic rings. The van der Waals surface area contributed by atoms with Gasteiger partial charge in [0.05, 0.1) is 29.6 Å². The van der Waals surface area contributed by atoms with E-state index >= 15 is 0 Å². The van der Waals surface area contributed by atoms with Crippen LogP contribution in [0.5, 0.6) is 0 Å². The summed E-state index contributed by atoms with van der Waals surface area (Å²) in [5.41, 5.74) is 2.51. The van der Waals surface area contributed by atoms with Gasteiger partial charge in [-0.1, -0.05) is 6.92 Å². The summed E-state index contributed by atoms with van der Waals surface area (Å²) in [5, 5.41) is 4.77. The van der Waals surface area contributed by atoms with Crippen molar-refractivity contribution in [2.24, 2.45) is 0 Å². The minimum absolute atomic E-state index is 0.288. The number of nitrogens with zero attached hydrogens (tertiary/aromatic N) is 1. The van der Waals surface area contributed by atoms with Crippen molar-refractivity contribution in [2.75, 3.05) is 13.2 Å². The van der Waals surface area contributed by atoms with Crippen molar-refractivity contribution in [1.82, 2.24) is 10.3 Å². The molecule has 0 saturated heterocycles. The summed E-state index contributed by atoms with van der Waals surface area (Å²) in [6.07, 6.45) is 5.33. The van der Waals surface area contributed by atoms with Gasteiger partial charge in [-0.15, -0.1) is 11.3 Å². The quantitative estimate of drug-likeness (QED) is 0.885. The molecule has 0 radical (unpaired) electrons. The highest BCUT2D eigenvalue weighted by Crippen LogP contribution is 2.33. The first-order valence-electron chi connectivity index (χ1n) is 6.70. The lowest BCUT2D eigenvalue weighted by atomic mass is 10.00. The number of hydrogen-bond acceptors (Lipinski definition) is 4. The van der Waals surface area contributed by atoms with Gasteiger partial charge >= 0.3 is 0 Å². The molecule has 1 atom stereocenters. The Morgan fingerprint density at radius 1 is 1.50 bits per heavy atom. The zero-order chi connectivity index (χ0) is 13.0. The Kier molecular flexibility index (Phi) is 4.78. The smallest absolute Gasteiger partial charge is 0.0900 e. The number of nitrogens with one attached hydrogen (secondary N) is 1. The van der Waals surface area contributed by atoms with E-state index in [1.807, 2.05) is 6.26 Å². The van der Waals surface area contributed by atoms with Crippen LogP contribution in [0.25, 0.3) is 0 Å². The lowest BCUT2D eigenvalue weighted by Gasteiger charge is -2.23. The highest BCUT2D eigenvalue weighted by molar-refractivity contribution is 7.11. The van der Waals surface area contributed by atoms with Crippen LogP contribution in [0.3, 0.4) is 0 Å². The van der Waals surface area contributed by atoms with Crippen LogP contribution in [-0.2, 0) is 4.74 Å². The molecular weight excluding hydrogens is 244 g/mol. The molecule has 1 aliphatic heterocycles. The molecule has 0 bridgehead atoms. The summed E-state index contributed by atoms with van der Waals surface area (Å²) in [4.78, 5) is 5.89. The van der Waals surface area contributed by atoms with Crippen LogP contribution >= 0.6 is 11.3 Å². The molecule has 4 heteroatoms. The van der Waals surface area contributed by atoms with E-state index in [0.717, 1.165) is 43.1 Å². The van der Waals surface area contributed by atoms with E-state index in [4.69, 9.17) is 4.74 Å². The van der Waals surface area contributed by atoms with Gasteiger partial charge in [0.25, 0.3) is 0 Å². The van der Waals surface area contributed by atoms with E-state index in [2.05, 4.69) is 31.1 Å². The third kappa shape index (κ3) is 3.12. The van der Waals surface area contributed by atoms with Crippen LogP contribution in [0, 0.1) is 13.8 Å². The Labute approximate surface area is 113 Å². The first kappa shape index (κ1) is 13.6. The van der Waals surface area contributed by atoms with Crippen LogP contribution in [-0.4, -0.2) is 18.1 Å². The first-order valence-corrected chi connectivity index (χ1v) is 7.52. The molecular formula is C14H22N2OS. The predicted octanol–water partition coefficient (Wildman–Crippen LogP) is 3.49. The zero-order valence-electron chi connectivity index (χ0n) is 11.5. The minimum Gasteiger partial charge on any atom is -0.501 e. The molecule has 1 N–H and O–H groups in total. The molecule has 2 rings (SSSR count). The second-order valence-corrected chi connectivity index (χ2v) is 5.97. The fourth-order valence-electron chi connectivity index (χ4n) is 2.29. The highest BCUT2D eigenvalue weighted by atomic mass is 32.1. The van der Waals surface area contributed by atoms with E-state index in [9.17, 15) is 0 Å². The van der Waals surface area contributed by atoms with E-state index < -0.39 is 0 Å². The molecule has 0 fully saturated rings. The molecule has 2 heterocycles. The number of aromatic nitrogens is 1. The van der Waals surface area contributed by atoms with Gasteiger partial charge in [0, 0.05) is 4.88 Å². The van der Waals surface area contributed by atoms with E-state index in [-0.39, 0.29) is 6.04 Å². The average molecular weight is 266 g/mol. The van der Waals surface area contributed by atoms with Crippen LogP contribution in [0.15, 0.2) is 11.8 Å². The normalized spacial score (nSPS) is 17.2. The van der Waals surface area contributed by atoms with Crippen LogP contribution in [0.4, 0.5) is 0 Å². The number of thiazole rings is 1. The molecule has 3 nitrogen and oxygen atoms in total. The van der Waals surface area contributed by atoms with Crippen LogP contribution in [0.1, 0.15) is 47.8 Å². The Bertz CT molecular complexity index is 425. The summed E-state index contributed by atoms with van der Waals surface area (Å²) in [5.74, 6) is 0. The number of ether oxygens (including phenoxy) is 1. The van der Waals surface area contributed by atoms with E-state index in [1.54, 1.807) is 11.3 Å². The van der Waals surface area contributed by atoms with Gasteiger partial charge in [-0.25, -0.2) is 4.98 Å². The molecule has 1 aromatic heterocycles. The van der Waals surface area contributed by atoms with Gasteiger partial charge in [-0.2, -0.15) is 0 Å². The predicted molar refractivity (Wildman–Crippen MR) is 75.9 cm³/mol. The lowest BCUT2D eigenvalue weighted by Crippen LogP contribution is -2.25. The first-order chi connectivity index (χ1) is 8.72. The number of rotatable bonds is 5. The summed E-state index contributed by atoms with van der Waals surface area (Å²) in [7, 11) is 0. The van der Waals surface area contributed by atoms with Crippen molar-refractivity contribution in [3.05, 3.63) is 27.4 Å². The van der Waals surface area contributed by atoms with Crippen molar-refractivity contribution in [2.45, 2.75) is 46.1 Å². The Morgan fingerprint density at radius 2 is 2.33 bits per heavy atom. The van der Waals surface area contributed by atoms with Crippen molar-refractivity contribution in [3.63, 3.8) is 0 Å². The molecule has 18 heavy (non-hydrogen) atoms. The average Bonchev–Trinajstić information content (AvgIpc) is 2.70. The SMILES string of the molecule is CCCNC(C1=COCCC1)c1sc(C)nc1C. The summed E-state index contributed by atoms with van der Waals surface area (Å²) >= 11 is 1.80. The summed E-state index contributed by atoms with van der Waals surface area (Å²) < 4.78 is 5.49. The molecule has 0 saturated carbocycles. The van der Waals surface area contributed by atoms with Crippen molar-refractivity contribution >= 4 is 11.3 Å². The Hall–Kier alpha value is -0.870. The molecule has 0 aromatic carbocycles. The van der Waals surface area contributed by atoms with Crippen molar-refractivity contribution in [1.29, 1.82) is 0 Å². The maximum atomic E-state index is 5.49. The Morgan fingerprint density at radius 3 is 2.89 bits per heavy atom. The maximum absolute atomic E-state index is 5.49. The van der Waals surface area contributed by atoms with Crippen LogP contribution < -0.4 is 5.32 Å². The van der Waals surface area contributed by atoms with Gasteiger partial charge in [0.1, 0.15) is 0 Å². The fraction of sp³-hybridized carbons (Fsp3) is 0.643.